The maximum atomic E-state index is 14.2. The molecule has 4 aliphatic rings. The minimum atomic E-state index is -1.27. The Hall–Kier alpha value is -2.26. The standard InChI is InChI=1S/C29H42O9/c1-13(2)10-19(32)37-24-21-20(27(21,8)9)23(35-17(6)30)16(5)25(34)28-12-15(4)26(36-18(7)31)29(28,38-28)11-14(3)22(24)33/h11,13,15-16,20-24,26,33H,10,12H2,1-9H3/t15-,16-,20+,21-,22-,23+,24+,26-,28+,29+/m1/s1. The molecule has 0 spiro atoms. The first-order chi connectivity index (χ1) is 17.5. The summed E-state index contributed by atoms with van der Waals surface area (Å²) >= 11 is 0. The number of hydrogen-bond acceptors (Lipinski definition) is 9. The van der Waals surface area contributed by atoms with Crippen molar-refractivity contribution in [3.8, 4) is 0 Å². The van der Waals surface area contributed by atoms with Crippen LogP contribution in [0.2, 0.25) is 0 Å². The van der Waals surface area contributed by atoms with Crippen molar-refractivity contribution in [2.24, 2.45) is 35.0 Å². The van der Waals surface area contributed by atoms with E-state index >= 15 is 0 Å². The molecule has 4 rings (SSSR count). The predicted molar refractivity (Wildman–Crippen MR) is 135 cm³/mol. The quantitative estimate of drug-likeness (QED) is 0.245. The van der Waals surface area contributed by atoms with Crippen LogP contribution in [-0.4, -0.2) is 64.4 Å². The summed E-state index contributed by atoms with van der Waals surface area (Å²) in [4.78, 5) is 51.3. The zero-order valence-corrected chi connectivity index (χ0v) is 23.9. The van der Waals surface area contributed by atoms with Gasteiger partial charge in [-0.05, 0) is 42.2 Å². The first kappa shape index (κ1) is 28.7. The first-order valence-corrected chi connectivity index (χ1v) is 13.7. The highest BCUT2D eigenvalue weighted by Crippen LogP contribution is 2.68. The number of carbonyl (C=O) groups is 4. The van der Waals surface area contributed by atoms with Gasteiger partial charge in [-0.3, -0.25) is 19.2 Å². The predicted octanol–water partition coefficient (Wildman–Crippen LogP) is 3.15. The number of ketones is 1. The zero-order valence-electron chi connectivity index (χ0n) is 23.9. The molecule has 0 aromatic rings. The van der Waals surface area contributed by atoms with Crippen LogP contribution in [0, 0.1) is 35.0 Å². The van der Waals surface area contributed by atoms with E-state index in [1.807, 2.05) is 34.6 Å². The van der Waals surface area contributed by atoms with Gasteiger partial charge in [0.25, 0.3) is 0 Å². The molecule has 9 heteroatoms. The Balaban J connectivity index is 1.85. The molecule has 1 N–H and O–H groups in total. The van der Waals surface area contributed by atoms with Gasteiger partial charge in [0.15, 0.2) is 17.0 Å². The van der Waals surface area contributed by atoms with Crippen LogP contribution < -0.4 is 0 Å². The Morgan fingerprint density at radius 3 is 2.18 bits per heavy atom. The van der Waals surface area contributed by atoms with Gasteiger partial charge >= 0.3 is 17.9 Å². The van der Waals surface area contributed by atoms with Crippen LogP contribution in [0.3, 0.4) is 0 Å². The SMILES string of the molecule is CC(=O)O[C@@H]1[C@@H]2[C@H]([C@H](OC(=O)CC(C)C)[C@H](O)C(C)=C[C@@]34O[C@@]3(C[C@@H](C)[C@H]4OC(C)=O)C(=O)[C@@H]1C)C2(C)C. The van der Waals surface area contributed by atoms with Crippen molar-refractivity contribution in [1.29, 1.82) is 0 Å². The molecule has 212 valence electrons. The van der Waals surface area contributed by atoms with Crippen LogP contribution in [-0.2, 0) is 38.1 Å². The van der Waals surface area contributed by atoms with Gasteiger partial charge in [0.05, 0.1) is 5.92 Å². The van der Waals surface area contributed by atoms with Gasteiger partial charge in [0, 0.05) is 32.1 Å². The van der Waals surface area contributed by atoms with E-state index in [0.29, 0.717) is 12.0 Å². The van der Waals surface area contributed by atoms with Crippen LogP contribution >= 0.6 is 0 Å². The molecule has 10 atom stereocenters. The smallest absolute Gasteiger partial charge is 0.306 e. The summed E-state index contributed by atoms with van der Waals surface area (Å²) in [6.45, 7) is 15.7. The van der Waals surface area contributed by atoms with Crippen molar-refractivity contribution in [1.82, 2.24) is 0 Å². The fourth-order valence-corrected chi connectivity index (χ4v) is 7.41. The molecule has 0 aromatic heterocycles. The second-order valence-electron chi connectivity index (χ2n) is 12.9. The van der Waals surface area contributed by atoms with E-state index in [1.54, 1.807) is 19.9 Å². The molecule has 3 fully saturated rings. The van der Waals surface area contributed by atoms with Crippen molar-refractivity contribution in [3.05, 3.63) is 11.6 Å². The fourth-order valence-electron chi connectivity index (χ4n) is 7.41. The number of ether oxygens (including phenoxy) is 4. The highest BCUT2D eigenvalue weighted by atomic mass is 16.7. The van der Waals surface area contributed by atoms with Crippen LogP contribution in [0.15, 0.2) is 11.6 Å². The molecular formula is C29H42O9. The number of hydrogen-bond donors (Lipinski definition) is 1. The summed E-state index contributed by atoms with van der Waals surface area (Å²) in [7, 11) is 0. The molecule has 2 saturated carbocycles. The average molecular weight is 535 g/mol. The second kappa shape index (κ2) is 9.44. The number of rotatable bonds is 5. The normalized spacial score (nSPS) is 43.0. The minimum Gasteiger partial charge on any atom is -0.461 e. The molecule has 0 amide bonds. The van der Waals surface area contributed by atoms with Gasteiger partial charge in [0.2, 0.25) is 0 Å². The van der Waals surface area contributed by atoms with Gasteiger partial charge in [-0.15, -0.1) is 0 Å². The molecule has 0 aromatic carbocycles. The Kier molecular flexibility index (Phi) is 7.14. The van der Waals surface area contributed by atoms with Crippen LogP contribution in [0.25, 0.3) is 0 Å². The molecule has 3 aliphatic carbocycles. The fraction of sp³-hybridized carbons (Fsp3) is 0.793. The number of Topliss-reactive ketones (excluding diaryl/α,β-unsaturated/α-hetero) is 1. The number of fused-ring (bicyclic) bond motifs is 1. The Bertz CT molecular complexity index is 1060. The number of aliphatic hydroxyl groups is 1. The van der Waals surface area contributed by atoms with Gasteiger partial charge in [-0.1, -0.05) is 41.5 Å². The van der Waals surface area contributed by atoms with Crippen molar-refractivity contribution in [2.45, 2.75) is 111 Å². The molecule has 1 heterocycles. The molecule has 9 nitrogen and oxygen atoms in total. The summed E-state index contributed by atoms with van der Waals surface area (Å²) in [5.74, 6) is -3.22. The van der Waals surface area contributed by atoms with E-state index in [2.05, 4.69) is 0 Å². The first-order valence-electron chi connectivity index (χ1n) is 13.7. The van der Waals surface area contributed by atoms with Crippen LogP contribution in [0.5, 0.6) is 0 Å². The summed E-state index contributed by atoms with van der Waals surface area (Å²) < 4.78 is 23.7. The van der Waals surface area contributed by atoms with E-state index in [9.17, 15) is 24.3 Å². The third kappa shape index (κ3) is 4.39. The van der Waals surface area contributed by atoms with E-state index in [1.165, 1.54) is 13.8 Å². The van der Waals surface area contributed by atoms with E-state index in [-0.39, 0.29) is 35.9 Å². The lowest BCUT2D eigenvalue weighted by atomic mass is 9.80. The third-order valence-corrected chi connectivity index (χ3v) is 9.15. The number of aliphatic hydroxyl groups excluding tert-OH is 1. The highest BCUT2D eigenvalue weighted by molar-refractivity contribution is 5.96. The maximum absolute atomic E-state index is 14.2. The average Bonchev–Trinajstić information content (AvgIpc) is 3.57. The largest absolute Gasteiger partial charge is 0.461 e. The lowest BCUT2D eigenvalue weighted by molar-refractivity contribution is -0.160. The summed E-state index contributed by atoms with van der Waals surface area (Å²) in [6, 6.07) is 0. The van der Waals surface area contributed by atoms with Gasteiger partial charge < -0.3 is 24.1 Å². The van der Waals surface area contributed by atoms with Gasteiger partial charge in [-0.2, -0.15) is 0 Å². The molecule has 38 heavy (non-hydrogen) atoms. The minimum absolute atomic E-state index is 0.0669. The van der Waals surface area contributed by atoms with Crippen molar-refractivity contribution < 1.29 is 43.2 Å². The molecule has 0 unspecified atom stereocenters. The van der Waals surface area contributed by atoms with Crippen molar-refractivity contribution >= 4 is 23.7 Å². The number of epoxide rings is 1. The zero-order chi connectivity index (χ0) is 28.5. The number of esters is 3. The Labute approximate surface area is 224 Å². The third-order valence-electron chi connectivity index (χ3n) is 9.15. The molecular weight excluding hydrogens is 492 g/mol. The second-order valence-corrected chi connectivity index (χ2v) is 12.9. The summed E-state index contributed by atoms with van der Waals surface area (Å²) in [6.07, 6.45) is -1.47. The van der Waals surface area contributed by atoms with Gasteiger partial charge in [-0.25, -0.2) is 0 Å². The summed E-state index contributed by atoms with van der Waals surface area (Å²) in [5.41, 5.74) is -2.55. The maximum Gasteiger partial charge on any atom is 0.306 e. The lowest BCUT2D eigenvalue weighted by Crippen LogP contribution is -2.43. The summed E-state index contributed by atoms with van der Waals surface area (Å²) in [5, 5.41) is 11.6. The van der Waals surface area contributed by atoms with Crippen molar-refractivity contribution in [2.75, 3.05) is 0 Å². The van der Waals surface area contributed by atoms with Crippen molar-refractivity contribution in [3.63, 3.8) is 0 Å². The van der Waals surface area contributed by atoms with Crippen LogP contribution in [0.4, 0.5) is 0 Å². The Morgan fingerprint density at radius 1 is 1.05 bits per heavy atom. The van der Waals surface area contributed by atoms with E-state index in [4.69, 9.17) is 18.9 Å². The lowest BCUT2D eigenvalue weighted by Gasteiger charge is -2.28. The van der Waals surface area contributed by atoms with Gasteiger partial charge in [0.1, 0.15) is 24.4 Å². The number of carbonyl (C=O) groups excluding carboxylic acids is 4. The monoisotopic (exact) mass is 534 g/mol. The highest BCUT2D eigenvalue weighted by Gasteiger charge is 2.84. The molecule has 1 saturated heterocycles. The molecule has 1 aliphatic heterocycles. The van der Waals surface area contributed by atoms with E-state index < -0.39 is 64.9 Å². The molecule has 0 bridgehead atoms. The Morgan fingerprint density at radius 2 is 1.63 bits per heavy atom. The molecule has 0 radical (unpaired) electrons. The topological polar surface area (TPSA) is 129 Å². The van der Waals surface area contributed by atoms with Crippen LogP contribution in [0.1, 0.15) is 75.2 Å². The van der Waals surface area contributed by atoms with E-state index in [0.717, 1.165) is 0 Å².